The summed E-state index contributed by atoms with van der Waals surface area (Å²) in [6.07, 6.45) is -2.77. The Kier molecular flexibility index (Phi) is 3.19. The molecule has 4 heterocycles. The molecule has 4 aliphatic heterocycles. The van der Waals surface area contributed by atoms with E-state index in [9.17, 15) is 22.8 Å². The molecule has 8 heteroatoms. The number of nitrogens with one attached hydrogen (secondary N) is 1. The Bertz CT molecular complexity index is 696. The predicted molar refractivity (Wildman–Crippen MR) is 79.4 cm³/mol. The third-order valence-corrected chi connectivity index (χ3v) is 5.33. The van der Waals surface area contributed by atoms with Gasteiger partial charge in [-0.3, -0.25) is 4.79 Å². The molecule has 4 fully saturated rings. The van der Waals surface area contributed by atoms with Crippen LogP contribution in [0, 0.1) is 5.92 Å². The summed E-state index contributed by atoms with van der Waals surface area (Å²) in [6, 6.07) is 3.55. The first kappa shape index (κ1) is 15.4. The van der Waals surface area contributed by atoms with Crippen LogP contribution >= 0.6 is 0 Å². The molecule has 1 aromatic rings. The molecule has 1 N–H and O–H groups in total. The maximum absolute atomic E-state index is 13.0. The lowest BCUT2D eigenvalue weighted by atomic mass is 9.72. The molecule has 5 nitrogen and oxygen atoms in total. The molecule has 0 aromatic heterocycles. The summed E-state index contributed by atoms with van der Waals surface area (Å²) in [5.74, 6) is -0.278. The fraction of sp³-hybridized carbons (Fsp3) is 0.500. The number of hydrogen-bond acceptors (Lipinski definition) is 3. The van der Waals surface area contributed by atoms with Gasteiger partial charge in [0.2, 0.25) is 0 Å². The van der Waals surface area contributed by atoms with Gasteiger partial charge in [0.1, 0.15) is 5.54 Å². The summed E-state index contributed by atoms with van der Waals surface area (Å²) in [4.78, 5) is 28.4. The number of alkyl halides is 3. The Morgan fingerprint density at radius 3 is 2.21 bits per heavy atom. The maximum atomic E-state index is 13.0. The Balaban J connectivity index is 1.65. The van der Waals surface area contributed by atoms with Crippen molar-refractivity contribution in [3.05, 3.63) is 29.8 Å². The molecule has 4 aliphatic rings. The van der Waals surface area contributed by atoms with Gasteiger partial charge in [0.25, 0.3) is 5.91 Å². The molecule has 1 atom stereocenters. The monoisotopic (exact) mass is 339 g/mol. The molecule has 0 saturated carbocycles. The van der Waals surface area contributed by atoms with Crippen LogP contribution in [0.2, 0.25) is 0 Å². The number of halogens is 3. The Morgan fingerprint density at radius 1 is 1.08 bits per heavy atom. The number of carbonyl (C=O) groups excluding carboxylic acids is 2. The van der Waals surface area contributed by atoms with E-state index in [0.717, 1.165) is 43.0 Å². The number of urea groups is 1. The molecule has 0 aliphatic carbocycles. The molecule has 1 spiro atoms. The zero-order valence-electron chi connectivity index (χ0n) is 12.8. The molecule has 24 heavy (non-hydrogen) atoms. The van der Waals surface area contributed by atoms with Crippen LogP contribution in [0.5, 0.6) is 0 Å². The van der Waals surface area contributed by atoms with Gasteiger partial charge in [-0.25, -0.2) is 9.69 Å². The lowest BCUT2D eigenvalue weighted by molar-refractivity contribution is -0.137. The van der Waals surface area contributed by atoms with Gasteiger partial charge in [-0.05, 0) is 56.1 Å². The molecular formula is C16H16F3N3O2. The number of benzene rings is 1. The first-order chi connectivity index (χ1) is 11.3. The Morgan fingerprint density at radius 2 is 1.71 bits per heavy atom. The van der Waals surface area contributed by atoms with Crippen molar-refractivity contribution in [3.8, 4) is 0 Å². The second-order valence-corrected chi connectivity index (χ2v) is 6.64. The van der Waals surface area contributed by atoms with E-state index in [-0.39, 0.29) is 17.5 Å². The van der Waals surface area contributed by atoms with Crippen LogP contribution in [-0.2, 0) is 11.0 Å². The third-order valence-electron chi connectivity index (χ3n) is 5.33. The second-order valence-electron chi connectivity index (χ2n) is 6.64. The highest BCUT2D eigenvalue weighted by Gasteiger charge is 2.59. The van der Waals surface area contributed by atoms with Crippen LogP contribution in [-0.4, -0.2) is 42.0 Å². The van der Waals surface area contributed by atoms with Crippen molar-refractivity contribution in [1.82, 2.24) is 10.2 Å². The molecule has 3 amide bonds. The van der Waals surface area contributed by atoms with E-state index in [0.29, 0.717) is 6.54 Å². The SMILES string of the molecule is O=C1NC2(CN3CCC2CC3)C(=O)N1c1ccc(C(F)(F)F)cc1. The van der Waals surface area contributed by atoms with Crippen molar-refractivity contribution < 1.29 is 22.8 Å². The van der Waals surface area contributed by atoms with E-state index >= 15 is 0 Å². The van der Waals surface area contributed by atoms with Gasteiger partial charge in [0.05, 0.1) is 11.3 Å². The van der Waals surface area contributed by atoms with Crippen molar-refractivity contribution in [3.63, 3.8) is 0 Å². The number of fused-ring (bicyclic) bond motifs is 2. The van der Waals surface area contributed by atoms with E-state index < -0.39 is 23.3 Å². The van der Waals surface area contributed by atoms with E-state index in [4.69, 9.17) is 0 Å². The number of nitrogens with zero attached hydrogens (tertiary/aromatic N) is 2. The molecule has 5 rings (SSSR count). The standard InChI is InChI=1S/C16H16F3N3O2/c17-16(18,19)11-1-3-12(4-2-11)22-13(23)15(20-14(22)24)9-21-7-5-10(15)6-8-21/h1-4,10H,5-9H2,(H,20,24). The lowest BCUT2D eigenvalue weighted by Crippen LogP contribution is -2.67. The van der Waals surface area contributed by atoms with Gasteiger partial charge < -0.3 is 10.2 Å². The predicted octanol–water partition coefficient (Wildman–Crippen LogP) is 2.23. The highest BCUT2D eigenvalue weighted by atomic mass is 19.4. The Labute approximate surface area is 136 Å². The van der Waals surface area contributed by atoms with Crippen LogP contribution in [0.4, 0.5) is 23.7 Å². The van der Waals surface area contributed by atoms with Crippen LogP contribution in [0.1, 0.15) is 18.4 Å². The highest BCUT2D eigenvalue weighted by molar-refractivity contribution is 6.23. The van der Waals surface area contributed by atoms with Crippen molar-refractivity contribution in [2.24, 2.45) is 5.92 Å². The van der Waals surface area contributed by atoms with E-state index in [1.165, 1.54) is 12.1 Å². The number of amides is 3. The minimum Gasteiger partial charge on any atom is -0.321 e. The quantitative estimate of drug-likeness (QED) is 0.799. The zero-order chi connectivity index (χ0) is 17.1. The van der Waals surface area contributed by atoms with Crippen molar-refractivity contribution >= 4 is 17.6 Å². The van der Waals surface area contributed by atoms with Gasteiger partial charge in [0, 0.05) is 6.54 Å². The van der Waals surface area contributed by atoms with Crippen molar-refractivity contribution in [2.75, 3.05) is 24.5 Å². The van der Waals surface area contributed by atoms with Gasteiger partial charge in [-0.2, -0.15) is 13.2 Å². The van der Waals surface area contributed by atoms with E-state index in [1.54, 1.807) is 0 Å². The maximum Gasteiger partial charge on any atom is 0.416 e. The first-order valence-electron chi connectivity index (χ1n) is 7.87. The van der Waals surface area contributed by atoms with Crippen molar-refractivity contribution in [2.45, 2.75) is 24.6 Å². The Hall–Kier alpha value is -2.09. The first-order valence-corrected chi connectivity index (χ1v) is 7.87. The summed E-state index contributed by atoms with van der Waals surface area (Å²) >= 11 is 0. The normalized spacial score (nSPS) is 32.5. The van der Waals surface area contributed by atoms with Gasteiger partial charge in [-0.1, -0.05) is 0 Å². The topological polar surface area (TPSA) is 52.7 Å². The third kappa shape index (κ3) is 2.12. The lowest BCUT2D eigenvalue weighted by Gasteiger charge is -2.49. The highest BCUT2D eigenvalue weighted by Crippen LogP contribution is 2.41. The number of piperidine rings is 3. The molecule has 0 radical (unpaired) electrons. The second kappa shape index (κ2) is 4.95. The van der Waals surface area contributed by atoms with Gasteiger partial charge >= 0.3 is 12.2 Å². The van der Waals surface area contributed by atoms with E-state index in [2.05, 4.69) is 10.2 Å². The summed E-state index contributed by atoms with van der Waals surface area (Å²) in [6.45, 7) is 2.30. The fourth-order valence-corrected chi connectivity index (χ4v) is 4.08. The largest absolute Gasteiger partial charge is 0.416 e. The minimum absolute atomic E-state index is 0.0819. The zero-order valence-corrected chi connectivity index (χ0v) is 12.8. The summed E-state index contributed by atoms with van der Waals surface area (Å²) < 4.78 is 38.0. The summed E-state index contributed by atoms with van der Waals surface area (Å²) in [5, 5.41) is 2.82. The number of anilines is 1. The molecular weight excluding hydrogens is 323 g/mol. The summed E-state index contributed by atoms with van der Waals surface area (Å²) in [7, 11) is 0. The molecule has 1 unspecified atom stereocenters. The van der Waals surface area contributed by atoms with E-state index in [1.807, 2.05) is 0 Å². The number of carbonyl (C=O) groups is 2. The number of hydrogen-bond donors (Lipinski definition) is 1. The molecule has 1 aromatic carbocycles. The minimum atomic E-state index is -4.45. The van der Waals surface area contributed by atoms with Crippen LogP contribution < -0.4 is 10.2 Å². The van der Waals surface area contributed by atoms with Crippen LogP contribution in [0.15, 0.2) is 24.3 Å². The van der Waals surface area contributed by atoms with Crippen LogP contribution in [0.3, 0.4) is 0 Å². The average molecular weight is 339 g/mol. The molecule has 4 saturated heterocycles. The van der Waals surface area contributed by atoms with Crippen molar-refractivity contribution in [1.29, 1.82) is 0 Å². The van der Waals surface area contributed by atoms with Gasteiger partial charge in [-0.15, -0.1) is 0 Å². The molecule has 2 bridgehead atoms. The smallest absolute Gasteiger partial charge is 0.321 e. The summed E-state index contributed by atoms with van der Waals surface area (Å²) in [5.41, 5.74) is -1.58. The molecule has 128 valence electrons. The number of rotatable bonds is 1. The van der Waals surface area contributed by atoms with Crippen LogP contribution in [0.25, 0.3) is 0 Å². The average Bonchev–Trinajstić information content (AvgIpc) is 2.78. The van der Waals surface area contributed by atoms with Gasteiger partial charge in [0.15, 0.2) is 0 Å². The number of imide groups is 1. The fourth-order valence-electron chi connectivity index (χ4n) is 4.08.